The van der Waals surface area contributed by atoms with Gasteiger partial charge in [0.2, 0.25) is 0 Å². The van der Waals surface area contributed by atoms with Crippen LogP contribution in [-0.2, 0) is 0 Å². The van der Waals surface area contributed by atoms with E-state index in [9.17, 15) is 4.91 Å². The minimum atomic E-state index is 0.00602. The van der Waals surface area contributed by atoms with E-state index in [-0.39, 0.29) is 6.04 Å². The van der Waals surface area contributed by atoms with Crippen LogP contribution in [0.15, 0.2) is 5.18 Å². The molecule has 0 fully saturated rings. The summed E-state index contributed by atoms with van der Waals surface area (Å²) in [6, 6.07) is 0.00602. The van der Waals surface area contributed by atoms with Crippen molar-refractivity contribution in [1.82, 2.24) is 0 Å². The van der Waals surface area contributed by atoms with Crippen molar-refractivity contribution >= 4 is 0 Å². The Labute approximate surface area is 69.4 Å². The Morgan fingerprint density at radius 2 is 2.00 bits per heavy atom. The molecule has 2 heteroatoms. The summed E-state index contributed by atoms with van der Waals surface area (Å²) < 4.78 is 0. The number of rotatable bonds is 6. The van der Waals surface area contributed by atoms with Gasteiger partial charge < -0.3 is 0 Å². The van der Waals surface area contributed by atoms with E-state index in [4.69, 9.17) is 0 Å². The minimum Gasteiger partial charge on any atom is -0.151 e. The number of nitroso groups, excluding NO2 is 1. The first-order valence-electron chi connectivity index (χ1n) is 4.57. The molecule has 66 valence electrons. The van der Waals surface area contributed by atoms with Gasteiger partial charge in [-0.3, -0.25) is 0 Å². The molecule has 0 rings (SSSR count). The van der Waals surface area contributed by atoms with Crippen molar-refractivity contribution in [2.24, 2.45) is 11.1 Å². The monoisotopic (exact) mass is 157 g/mol. The molecule has 0 aliphatic heterocycles. The molecular weight excluding hydrogens is 138 g/mol. The second kappa shape index (κ2) is 6.32. The highest BCUT2D eigenvalue weighted by Gasteiger charge is 2.10. The Morgan fingerprint density at radius 1 is 1.36 bits per heavy atom. The van der Waals surface area contributed by atoms with Crippen LogP contribution < -0.4 is 0 Å². The van der Waals surface area contributed by atoms with E-state index in [0.717, 1.165) is 6.42 Å². The fraction of sp³-hybridized carbons (Fsp3) is 1.00. The smallest absolute Gasteiger partial charge is 0.0894 e. The predicted octanol–water partition coefficient (Wildman–Crippen LogP) is 3.36. The van der Waals surface area contributed by atoms with E-state index in [1.807, 2.05) is 6.92 Å². The first kappa shape index (κ1) is 10.6. The Bertz CT molecular complexity index is 104. The largest absolute Gasteiger partial charge is 0.151 e. The summed E-state index contributed by atoms with van der Waals surface area (Å²) in [4.78, 5) is 10.1. The zero-order chi connectivity index (χ0) is 8.69. The summed E-state index contributed by atoms with van der Waals surface area (Å²) in [5.41, 5.74) is 0. The number of hydrogen-bond acceptors (Lipinski definition) is 2. The number of hydrogen-bond donors (Lipinski definition) is 0. The maximum absolute atomic E-state index is 10.1. The van der Waals surface area contributed by atoms with E-state index in [0.29, 0.717) is 5.92 Å². The minimum absolute atomic E-state index is 0.00602. The van der Waals surface area contributed by atoms with Crippen LogP contribution in [0.1, 0.15) is 46.5 Å². The van der Waals surface area contributed by atoms with Crippen molar-refractivity contribution in [3.8, 4) is 0 Å². The highest BCUT2D eigenvalue weighted by Crippen LogP contribution is 2.18. The zero-order valence-electron chi connectivity index (χ0n) is 7.84. The van der Waals surface area contributed by atoms with Gasteiger partial charge in [0.15, 0.2) is 0 Å². The summed E-state index contributed by atoms with van der Waals surface area (Å²) in [5, 5.41) is 3.01. The SMILES string of the molecule is CCCC(CC)CC(C)N=O. The Kier molecular flexibility index (Phi) is 6.09. The van der Waals surface area contributed by atoms with Crippen molar-refractivity contribution < 1.29 is 0 Å². The molecule has 0 amide bonds. The molecule has 0 saturated carbocycles. The summed E-state index contributed by atoms with van der Waals surface area (Å²) in [6.45, 7) is 6.25. The predicted molar refractivity (Wildman–Crippen MR) is 48.6 cm³/mol. The molecule has 0 radical (unpaired) electrons. The summed E-state index contributed by atoms with van der Waals surface area (Å²) >= 11 is 0. The van der Waals surface area contributed by atoms with Gasteiger partial charge in [-0.05, 0) is 19.3 Å². The van der Waals surface area contributed by atoms with Crippen molar-refractivity contribution in [3.63, 3.8) is 0 Å². The maximum atomic E-state index is 10.1. The molecule has 0 N–H and O–H groups in total. The Balaban J connectivity index is 3.57. The standard InChI is InChI=1S/C9H19NO/c1-4-6-9(5-2)7-8(3)10-11/h8-9H,4-7H2,1-3H3. The zero-order valence-corrected chi connectivity index (χ0v) is 7.84. The molecule has 0 spiro atoms. The van der Waals surface area contributed by atoms with Crippen molar-refractivity contribution in [2.45, 2.75) is 52.5 Å². The Morgan fingerprint density at radius 3 is 2.36 bits per heavy atom. The molecule has 0 heterocycles. The summed E-state index contributed by atoms with van der Waals surface area (Å²) in [5.74, 6) is 0.702. The van der Waals surface area contributed by atoms with Crippen LogP contribution in [0, 0.1) is 10.8 Å². The lowest BCUT2D eigenvalue weighted by Crippen LogP contribution is -2.07. The van der Waals surface area contributed by atoms with Gasteiger partial charge in [0.1, 0.15) is 0 Å². The molecule has 2 atom stereocenters. The van der Waals surface area contributed by atoms with Crippen molar-refractivity contribution in [2.75, 3.05) is 0 Å². The second-order valence-electron chi connectivity index (χ2n) is 3.25. The van der Waals surface area contributed by atoms with Crippen LogP contribution in [0.2, 0.25) is 0 Å². The quantitative estimate of drug-likeness (QED) is 0.543. The lowest BCUT2D eigenvalue weighted by molar-refractivity contribution is 0.402. The topological polar surface area (TPSA) is 29.4 Å². The van der Waals surface area contributed by atoms with Gasteiger partial charge in [-0.15, -0.1) is 0 Å². The van der Waals surface area contributed by atoms with E-state index < -0.39 is 0 Å². The average Bonchev–Trinajstić information content (AvgIpc) is 2.03. The lowest BCUT2D eigenvalue weighted by atomic mass is 9.94. The van der Waals surface area contributed by atoms with Gasteiger partial charge in [-0.1, -0.05) is 38.3 Å². The van der Waals surface area contributed by atoms with Crippen LogP contribution in [0.5, 0.6) is 0 Å². The fourth-order valence-electron chi connectivity index (χ4n) is 1.42. The van der Waals surface area contributed by atoms with E-state index in [1.165, 1.54) is 19.3 Å². The maximum Gasteiger partial charge on any atom is 0.0894 e. The third-order valence-electron chi connectivity index (χ3n) is 2.13. The second-order valence-corrected chi connectivity index (χ2v) is 3.25. The van der Waals surface area contributed by atoms with E-state index in [2.05, 4.69) is 19.0 Å². The third kappa shape index (κ3) is 4.93. The lowest BCUT2D eigenvalue weighted by Gasteiger charge is -2.13. The molecule has 0 aliphatic carbocycles. The molecule has 2 nitrogen and oxygen atoms in total. The van der Waals surface area contributed by atoms with Gasteiger partial charge in [-0.25, -0.2) is 0 Å². The molecule has 0 aromatic heterocycles. The highest BCUT2D eigenvalue weighted by atomic mass is 16.3. The Hall–Kier alpha value is -0.400. The van der Waals surface area contributed by atoms with Gasteiger partial charge in [0.25, 0.3) is 0 Å². The van der Waals surface area contributed by atoms with Crippen LogP contribution in [-0.4, -0.2) is 6.04 Å². The van der Waals surface area contributed by atoms with Crippen molar-refractivity contribution in [3.05, 3.63) is 4.91 Å². The van der Waals surface area contributed by atoms with Crippen molar-refractivity contribution in [1.29, 1.82) is 0 Å². The third-order valence-corrected chi connectivity index (χ3v) is 2.13. The van der Waals surface area contributed by atoms with E-state index in [1.54, 1.807) is 0 Å². The van der Waals surface area contributed by atoms with Crippen LogP contribution >= 0.6 is 0 Å². The molecular formula is C9H19NO. The van der Waals surface area contributed by atoms with Gasteiger partial charge in [0.05, 0.1) is 6.04 Å². The highest BCUT2D eigenvalue weighted by molar-refractivity contribution is 4.65. The number of nitrogens with zero attached hydrogens (tertiary/aromatic N) is 1. The van der Waals surface area contributed by atoms with Gasteiger partial charge in [0, 0.05) is 0 Å². The van der Waals surface area contributed by atoms with Crippen LogP contribution in [0.4, 0.5) is 0 Å². The summed E-state index contributed by atoms with van der Waals surface area (Å²) in [6.07, 6.45) is 4.59. The molecule has 0 aromatic rings. The molecule has 0 bridgehead atoms. The molecule has 0 saturated heterocycles. The average molecular weight is 157 g/mol. The molecule has 2 unspecified atom stereocenters. The van der Waals surface area contributed by atoms with Gasteiger partial charge in [-0.2, -0.15) is 4.91 Å². The fourth-order valence-corrected chi connectivity index (χ4v) is 1.42. The molecule has 0 aliphatic rings. The first-order chi connectivity index (χ1) is 5.24. The summed E-state index contributed by atoms with van der Waals surface area (Å²) in [7, 11) is 0. The first-order valence-corrected chi connectivity index (χ1v) is 4.57. The molecule has 11 heavy (non-hydrogen) atoms. The van der Waals surface area contributed by atoms with Crippen LogP contribution in [0.3, 0.4) is 0 Å². The van der Waals surface area contributed by atoms with E-state index >= 15 is 0 Å². The van der Waals surface area contributed by atoms with Gasteiger partial charge >= 0.3 is 0 Å². The van der Waals surface area contributed by atoms with Crippen LogP contribution in [0.25, 0.3) is 0 Å². The normalized spacial score (nSPS) is 15.9. The molecule has 0 aromatic carbocycles.